The maximum absolute atomic E-state index is 5.78. The Morgan fingerprint density at radius 1 is 1.10 bits per heavy atom. The van der Waals surface area contributed by atoms with Gasteiger partial charge in [0.05, 0.1) is 25.4 Å². The zero-order valence-corrected chi connectivity index (χ0v) is 13.3. The van der Waals surface area contributed by atoms with E-state index in [1.54, 1.807) is 11.8 Å². The molecule has 2 saturated heterocycles. The van der Waals surface area contributed by atoms with E-state index >= 15 is 0 Å². The quantitative estimate of drug-likeness (QED) is 0.663. The average molecular weight is 311 g/mol. The lowest BCUT2D eigenvalue weighted by Gasteiger charge is -2.37. The Balaban J connectivity index is 1.70. The lowest BCUT2D eigenvalue weighted by molar-refractivity contribution is -0.0472. The van der Waals surface area contributed by atoms with Crippen LogP contribution in [0.5, 0.6) is 0 Å². The maximum Gasteiger partial charge on any atom is 0.193 e. The molecule has 0 aromatic rings. The van der Waals surface area contributed by atoms with Crippen molar-refractivity contribution in [2.75, 3.05) is 39.4 Å². The molecule has 7 nitrogen and oxygen atoms in total. The fraction of sp³-hybridized carbons (Fsp3) is 0.769. The molecule has 3 rings (SSSR count). The zero-order chi connectivity index (χ0) is 14.7. The minimum atomic E-state index is 0.202. The highest BCUT2D eigenvalue weighted by atomic mass is 32.2. The zero-order valence-electron chi connectivity index (χ0n) is 12.4. The van der Waals surface area contributed by atoms with Crippen molar-refractivity contribution in [1.82, 2.24) is 9.80 Å². The van der Waals surface area contributed by atoms with E-state index < -0.39 is 0 Å². The summed E-state index contributed by atoms with van der Waals surface area (Å²) in [6, 6.07) is 0. The van der Waals surface area contributed by atoms with Crippen LogP contribution < -0.4 is 0 Å². The van der Waals surface area contributed by atoms with E-state index in [0.29, 0.717) is 0 Å². The molecule has 0 aromatic heterocycles. The number of aliphatic imine (C=N–C) groups is 1. The standard InChI is InChI=1S/C13H21N5O2S/c1-10-7-18(8-11(2)20-10)13-16-15-9-14-12(21-13)17-3-5-19-6-4-17/h9-11H,3-8H2,1-2H3/t10-,11-/m1/s1. The molecular weight excluding hydrogens is 290 g/mol. The molecule has 3 heterocycles. The molecule has 0 amide bonds. The Kier molecular flexibility index (Phi) is 4.77. The molecule has 0 bridgehead atoms. The summed E-state index contributed by atoms with van der Waals surface area (Å²) in [5, 5.41) is 10.2. The largest absolute Gasteiger partial charge is 0.378 e. The van der Waals surface area contributed by atoms with Crippen molar-refractivity contribution in [1.29, 1.82) is 0 Å². The number of morpholine rings is 2. The van der Waals surface area contributed by atoms with Crippen LogP contribution in [0.15, 0.2) is 15.2 Å². The van der Waals surface area contributed by atoms with Gasteiger partial charge in [0.1, 0.15) is 6.34 Å². The summed E-state index contributed by atoms with van der Waals surface area (Å²) in [4.78, 5) is 8.88. The van der Waals surface area contributed by atoms with Gasteiger partial charge in [-0.05, 0) is 25.6 Å². The topological polar surface area (TPSA) is 62.0 Å². The highest BCUT2D eigenvalue weighted by Gasteiger charge is 2.28. The van der Waals surface area contributed by atoms with Gasteiger partial charge >= 0.3 is 0 Å². The molecule has 2 atom stereocenters. The summed E-state index contributed by atoms with van der Waals surface area (Å²) >= 11 is 1.59. The van der Waals surface area contributed by atoms with Crippen LogP contribution in [0.4, 0.5) is 0 Å². The Hall–Kier alpha value is -1.12. The Morgan fingerprint density at radius 2 is 1.81 bits per heavy atom. The summed E-state index contributed by atoms with van der Waals surface area (Å²) in [6.45, 7) is 9.06. The van der Waals surface area contributed by atoms with Crippen molar-refractivity contribution in [3.8, 4) is 0 Å². The molecule has 0 radical (unpaired) electrons. The molecule has 0 aliphatic carbocycles. The lowest BCUT2D eigenvalue weighted by atomic mass is 10.2. The van der Waals surface area contributed by atoms with Crippen molar-refractivity contribution < 1.29 is 9.47 Å². The Morgan fingerprint density at radius 3 is 2.52 bits per heavy atom. The molecular formula is C13H21N5O2S. The van der Waals surface area contributed by atoms with Gasteiger partial charge < -0.3 is 19.3 Å². The molecule has 0 saturated carbocycles. The minimum absolute atomic E-state index is 0.202. The molecule has 3 aliphatic heterocycles. The number of thioether (sulfide) groups is 1. The van der Waals surface area contributed by atoms with Crippen molar-refractivity contribution in [2.45, 2.75) is 26.1 Å². The first-order chi connectivity index (χ1) is 10.2. The van der Waals surface area contributed by atoms with E-state index in [1.165, 1.54) is 6.34 Å². The highest BCUT2D eigenvalue weighted by Crippen LogP contribution is 2.21. The van der Waals surface area contributed by atoms with Crippen LogP contribution >= 0.6 is 11.8 Å². The normalized spacial score (nSPS) is 30.8. The second-order valence-corrected chi connectivity index (χ2v) is 6.32. The van der Waals surface area contributed by atoms with Gasteiger partial charge in [-0.3, -0.25) is 0 Å². The number of rotatable bonds is 0. The summed E-state index contributed by atoms with van der Waals surface area (Å²) in [5.41, 5.74) is 0. The van der Waals surface area contributed by atoms with Crippen LogP contribution in [0, 0.1) is 0 Å². The number of ether oxygens (including phenoxy) is 2. The minimum Gasteiger partial charge on any atom is -0.378 e. The first-order valence-corrected chi connectivity index (χ1v) is 8.12. The van der Waals surface area contributed by atoms with Crippen LogP contribution in [0.3, 0.4) is 0 Å². The third-order valence-corrected chi connectivity index (χ3v) is 4.59. The summed E-state index contributed by atoms with van der Waals surface area (Å²) < 4.78 is 11.2. The van der Waals surface area contributed by atoms with Crippen LogP contribution in [0.2, 0.25) is 0 Å². The monoisotopic (exact) mass is 311 g/mol. The average Bonchev–Trinajstić information content (AvgIpc) is 2.73. The van der Waals surface area contributed by atoms with E-state index in [-0.39, 0.29) is 12.2 Å². The number of hydrogen-bond donors (Lipinski definition) is 0. The van der Waals surface area contributed by atoms with Gasteiger partial charge in [0.15, 0.2) is 10.3 Å². The van der Waals surface area contributed by atoms with Gasteiger partial charge in [-0.15, -0.1) is 10.2 Å². The van der Waals surface area contributed by atoms with Crippen LogP contribution in [0.1, 0.15) is 13.8 Å². The van der Waals surface area contributed by atoms with Gasteiger partial charge in [-0.2, -0.15) is 0 Å². The number of amidine groups is 2. The van der Waals surface area contributed by atoms with Crippen molar-refractivity contribution in [2.24, 2.45) is 15.2 Å². The van der Waals surface area contributed by atoms with Gasteiger partial charge in [0.25, 0.3) is 0 Å². The molecule has 8 heteroatoms. The Labute approximate surface area is 129 Å². The van der Waals surface area contributed by atoms with Crippen LogP contribution in [-0.2, 0) is 9.47 Å². The molecule has 0 unspecified atom stereocenters. The summed E-state index contributed by atoms with van der Waals surface area (Å²) in [7, 11) is 0. The van der Waals surface area contributed by atoms with Crippen LogP contribution in [0.25, 0.3) is 0 Å². The van der Waals surface area contributed by atoms with Crippen molar-refractivity contribution in [3.63, 3.8) is 0 Å². The van der Waals surface area contributed by atoms with E-state index in [2.05, 4.69) is 38.8 Å². The first-order valence-electron chi connectivity index (χ1n) is 7.30. The van der Waals surface area contributed by atoms with Gasteiger partial charge in [0.2, 0.25) is 0 Å². The third-order valence-electron chi connectivity index (χ3n) is 3.52. The Bertz CT molecular complexity index is 451. The van der Waals surface area contributed by atoms with Gasteiger partial charge in [0, 0.05) is 26.2 Å². The highest BCUT2D eigenvalue weighted by molar-refractivity contribution is 8.26. The SMILES string of the molecule is C[C@@H]1CN(C2=NN=CN=C(N3CCOCC3)S2)C[C@@H](C)O1. The van der Waals surface area contributed by atoms with Crippen molar-refractivity contribution in [3.05, 3.63) is 0 Å². The maximum atomic E-state index is 5.78. The fourth-order valence-electron chi connectivity index (χ4n) is 2.64. The van der Waals surface area contributed by atoms with E-state index in [4.69, 9.17) is 9.47 Å². The van der Waals surface area contributed by atoms with Crippen molar-refractivity contribution >= 4 is 28.4 Å². The number of nitrogens with zero attached hydrogens (tertiary/aromatic N) is 5. The smallest absolute Gasteiger partial charge is 0.193 e. The van der Waals surface area contributed by atoms with Gasteiger partial charge in [-0.1, -0.05) is 0 Å². The predicted molar refractivity (Wildman–Crippen MR) is 84.9 cm³/mol. The molecule has 116 valence electrons. The van der Waals surface area contributed by atoms with E-state index in [0.717, 1.165) is 49.7 Å². The van der Waals surface area contributed by atoms with E-state index in [1.807, 2.05) is 0 Å². The molecule has 21 heavy (non-hydrogen) atoms. The molecule has 0 aromatic carbocycles. The second kappa shape index (κ2) is 6.76. The molecule has 3 aliphatic rings. The molecule has 0 spiro atoms. The predicted octanol–water partition coefficient (Wildman–Crippen LogP) is 0.830. The second-order valence-electron chi connectivity index (χ2n) is 5.39. The van der Waals surface area contributed by atoms with E-state index in [9.17, 15) is 0 Å². The summed E-state index contributed by atoms with van der Waals surface area (Å²) in [5.74, 6) is 0. The van der Waals surface area contributed by atoms with Gasteiger partial charge in [-0.25, -0.2) is 4.99 Å². The molecule has 2 fully saturated rings. The third kappa shape index (κ3) is 3.75. The summed E-state index contributed by atoms with van der Waals surface area (Å²) in [6.07, 6.45) is 1.93. The lowest BCUT2D eigenvalue weighted by Crippen LogP contribution is -2.48. The first kappa shape index (κ1) is 14.8. The fourth-order valence-corrected chi connectivity index (χ4v) is 3.58. The number of hydrogen-bond acceptors (Lipinski definition) is 8. The van der Waals surface area contributed by atoms with Crippen LogP contribution in [-0.4, -0.2) is 78.1 Å². The molecule has 0 N–H and O–H groups in total.